The van der Waals surface area contributed by atoms with E-state index in [1.165, 1.54) is 0 Å². The molecule has 0 fully saturated rings. The molecule has 0 unspecified atom stereocenters. The number of hydrogen-bond donors (Lipinski definition) is 1. The smallest absolute Gasteiger partial charge is 0.262 e. The number of aromatic amines is 1. The topological polar surface area (TPSA) is 58.1 Å². The Labute approximate surface area is 183 Å². The summed E-state index contributed by atoms with van der Waals surface area (Å²) in [5.74, 6) is 0.132. The molecule has 0 spiro atoms. The van der Waals surface area contributed by atoms with Crippen molar-refractivity contribution in [2.24, 2.45) is 0 Å². The van der Waals surface area contributed by atoms with E-state index in [1.54, 1.807) is 15.5 Å². The van der Waals surface area contributed by atoms with Crippen LogP contribution in [0.3, 0.4) is 0 Å². The van der Waals surface area contributed by atoms with Crippen LogP contribution in [0, 0.1) is 4.77 Å². The predicted octanol–water partition coefficient (Wildman–Crippen LogP) is 5.04. The number of unbranched alkanes of at least 4 members (excludes halogenated alkanes) is 2. The lowest BCUT2D eigenvalue weighted by atomic mass is 10.1. The molecule has 7 heteroatoms. The van der Waals surface area contributed by atoms with Gasteiger partial charge in [-0.05, 0) is 54.9 Å². The number of fused-ring (bicyclic) bond motifs is 1. The van der Waals surface area contributed by atoms with Gasteiger partial charge in [-0.15, -0.1) is 0 Å². The monoisotopic (exact) mass is 473 g/mol. The van der Waals surface area contributed by atoms with Crippen LogP contribution in [0.1, 0.15) is 31.2 Å². The van der Waals surface area contributed by atoms with Crippen LogP contribution in [0.25, 0.3) is 10.9 Å². The number of H-pyrrole nitrogens is 1. The summed E-state index contributed by atoms with van der Waals surface area (Å²) in [5, 5.41) is 0.644. The van der Waals surface area contributed by atoms with E-state index in [9.17, 15) is 9.59 Å². The van der Waals surface area contributed by atoms with Crippen molar-refractivity contribution < 1.29 is 4.79 Å². The summed E-state index contributed by atoms with van der Waals surface area (Å²) in [4.78, 5) is 29.8. The Morgan fingerprint density at radius 1 is 1.10 bits per heavy atom. The van der Waals surface area contributed by atoms with Gasteiger partial charge in [-0.3, -0.25) is 14.2 Å². The molecule has 0 aliphatic rings. The molecule has 0 radical (unpaired) electrons. The molecule has 0 bridgehead atoms. The number of nitrogens with one attached hydrogen (secondary N) is 1. The summed E-state index contributed by atoms with van der Waals surface area (Å²) in [7, 11) is 1.83. The fraction of sp³-hybridized carbons (Fsp3) is 0.318. The van der Waals surface area contributed by atoms with Gasteiger partial charge in [-0.25, -0.2) is 0 Å². The first kappa shape index (κ1) is 21.5. The van der Waals surface area contributed by atoms with Gasteiger partial charge >= 0.3 is 0 Å². The van der Waals surface area contributed by atoms with E-state index in [4.69, 9.17) is 12.2 Å². The number of carbonyl (C=O) groups excluding carboxylic acids is 1. The number of amides is 1. The maximum Gasteiger partial charge on any atom is 0.262 e. The Balaban J connectivity index is 1.47. The number of halogens is 1. The molecule has 0 saturated carbocycles. The lowest BCUT2D eigenvalue weighted by Gasteiger charge is -2.17. The van der Waals surface area contributed by atoms with Gasteiger partial charge in [0, 0.05) is 31.0 Å². The fourth-order valence-corrected chi connectivity index (χ4v) is 3.82. The first-order valence-electron chi connectivity index (χ1n) is 9.66. The molecule has 3 rings (SSSR count). The minimum Gasteiger partial charge on any atom is -0.341 e. The predicted molar refractivity (Wildman–Crippen MR) is 122 cm³/mol. The van der Waals surface area contributed by atoms with Crippen molar-refractivity contribution in [1.29, 1.82) is 0 Å². The van der Waals surface area contributed by atoms with Crippen molar-refractivity contribution in [1.82, 2.24) is 14.5 Å². The molecular weight excluding hydrogens is 450 g/mol. The highest BCUT2D eigenvalue weighted by Gasteiger charge is 2.09. The van der Waals surface area contributed by atoms with Crippen LogP contribution in [-0.4, -0.2) is 27.4 Å². The fourth-order valence-electron chi connectivity index (χ4n) is 3.27. The average Bonchev–Trinajstić information content (AvgIpc) is 2.71. The molecule has 1 N–H and O–H groups in total. The molecule has 1 aromatic heterocycles. The third-order valence-corrected chi connectivity index (χ3v) is 5.77. The van der Waals surface area contributed by atoms with E-state index >= 15 is 0 Å². The van der Waals surface area contributed by atoms with Gasteiger partial charge in [0.2, 0.25) is 5.91 Å². The number of rotatable bonds is 8. The quantitative estimate of drug-likeness (QED) is 0.368. The van der Waals surface area contributed by atoms with Gasteiger partial charge in [0.15, 0.2) is 4.77 Å². The third kappa shape index (κ3) is 5.64. The van der Waals surface area contributed by atoms with Crippen molar-refractivity contribution in [3.63, 3.8) is 0 Å². The zero-order chi connectivity index (χ0) is 20.8. The molecular formula is C22H24BrN3O2S. The van der Waals surface area contributed by atoms with Crippen LogP contribution < -0.4 is 5.56 Å². The van der Waals surface area contributed by atoms with Gasteiger partial charge in [0.25, 0.3) is 5.56 Å². The highest BCUT2D eigenvalue weighted by molar-refractivity contribution is 9.10. The highest BCUT2D eigenvalue weighted by atomic mass is 79.9. The zero-order valence-corrected chi connectivity index (χ0v) is 18.8. The molecule has 29 heavy (non-hydrogen) atoms. The van der Waals surface area contributed by atoms with Crippen LogP contribution in [0.5, 0.6) is 0 Å². The summed E-state index contributed by atoms with van der Waals surface area (Å²) in [6, 6.07) is 15.4. The molecule has 0 aliphatic heterocycles. The summed E-state index contributed by atoms with van der Waals surface area (Å²) in [5.41, 5.74) is 1.81. The standard InChI is InChI=1S/C22H24BrN3O2S/c1-25(15-16-10-12-17(23)13-11-16)20(27)9-3-2-6-14-26-21(28)18-7-4-5-8-19(18)24-22(26)29/h4-5,7-8,10-13H,2-3,6,9,14-15H2,1H3,(H,24,29). The molecule has 3 aromatic rings. The Hall–Kier alpha value is -2.25. The molecule has 1 amide bonds. The van der Waals surface area contributed by atoms with Gasteiger partial charge in [-0.1, -0.05) is 46.6 Å². The molecule has 0 saturated heterocycles. The number of aromatic nitrogens is 2. The number of carbonyl (C=O) groups is 1. The lowest BCUT2D eigenvalue weighted by Crippen LogP contribution is -2.26. The number of hydrogen-bond acceptors (Lipinski definition) is 3. The van der Waals surface area contributed by atoms with Crippen LogP contribution >= 0.6 is 28.1 Å². The number of nitrogens with zero attached hydrogens (tertiary/aromatic N) is 2. The first-order chi connectivity index (χ1) is 14.0. The van der Waals surface area contributed by atoms with E-state index < -0.39 is 0 Å². The highest BCUT2D eigenvalue weighted by Crippen LogP contribution is 2.13. The molecule has 1 heterocycles. The Bertz CT molecular complexity index is 1110. The maximum atomic E-state index is 12.6. The molecule has 0 aliphatic carbocycles. The van der Waals surface area contributed by atoms with Crippen molar-refractivity contribution >= 4 is 45.0 Å². The van der Waals surface area contributed by atoms with Crippen molar-refractivity contribution in [3.05, 3.63) is 73.7 Å². The second-order valence-electron chi connectivity index (χ2n) is 7.12. The second kappa shape index (κ2) is 9.98. The summed E-state index contributed by atoms with van der Waals surface area (Å²) < 4.78 is 3.08. The number of benzene rings is 2. The van der Waals surface area contributed by atoms with Crippen LogP contribution in [0.4, 0.5) is 0 Å². The molecule has 152 valence electrons. The lowest BCUT2D eigenvalue weighted by molar-refractivity contribution is -0.130. The van der Waals surface area contributed by atoms with Crippen molar-refractivity contribution in [2.45, 2.75) is 38.8 Å². The largest absolute Gasteiger partial charge is 0.341 e. The van der Waals surface area contributed by atoms with Gasteiger partial charge in [0.05, 0.1) is 10.9 Å². The first-order valence-corrected chi connectivity index (χ1v) is 10.9. The average molecular weight is 474 g/mol. The van der Waals surface area contributed by atoms with E-state index in [2.05, 4.69) is 20.9 Å². The molecule has 0 atom stereocenters. The van der Waals surface area contributed by atoms with Crippen LogP contribution in [0.15, 0.2) is 57.8 Å². The Kier molecular flexibility index (Phi) is 7.39. The maximum absolute atomic E-state index is 12.6. The Morgan fingerprint density at radius 2 is 1.83 bits per heavy atom. The van der Waals surface area contributed by atoms with Gasteiger partial charge in [-0.2, -0.15) is 0 Å². The summed E-state index contributed by atoms with van der Waals surface area (Å²) in [6.45, 7) is 1.16. The van der Waals surface area contributed by atoms with Crippen LogP contribution in [-0.2, 0) is 17.9 Å². The third-order valence-electron chi connectivity index (χ3n) is 4.92. The molecule has 5 nitrogen and oxygen atoms in total. The number of para-hydroxylation sites is 1. The molecule has 2 aromatic carbocycles. The van der Waals surface area contributed by atoms with Crippen molar-refractivity contribution in [2.75, 3.05) is 7.05 Å². The summed E-state index contributed by atoms with van der Waals surface area (Å²) >= 11 is 8.75. The van der Waals surface area contributed by atoms with Crippen LogP contribution in [0.2, 0.25) is 0 Å². The van der Waals surface area contributed by atoms with E-state index in [0.717, 1.165) is 34.8 Å². The van der Waals surface area contributed by atoms with E-state index in [-0.39, 0.29) is 11.5 Å². The van der Waals surface area contributed by atoms with E-state index in [1.807, 2.05) is 49.5 Å². The van der Waals surface area contributed by atoms with Gasteiger partial charge < -0.3 is 9.88 Å². The van der Waals surface area contributed by atoms with Gasteiger partial charge in [0.1, 0.15) is 0 Å². The minimum atomic E-state index is -0.0605. The summed E-state index contributed by atoms with van der Waals surface area (Å²) in [6.07, 6.45) is 2.97. The SMILES string of the molecule is CN(Cc1ccc(Br)cc1)C(=O)CCCCCn1c(=S)[nH]c2ccccc2c1=O. The Morgan fingerprint density at radius 3 is 2.59 bits per heavy atom. The zero-order valence-electron chi connectivity index (χ0n) is 16.4. The van der Waals surface area contributed by atoms with Crippen molar-refractivity contribution in [3.8, 4) is 0 Å². The second-order valence-corrected chi connectivity index (χ2v) is 8.42. The van der Waals surface area contributed by atoms with E-state index in [0.29, 0.717) is 29.7 Å². The minimum absolute atomic E-state index is 0.0605. The normalized spacial score (nSPS) is 11.0.